The lowest BCUT2D eigenvalue weighted by molar-refractivity contribution is 0.0697. The van der Waals surface area contributed by atoms with E-state index in [1.54, 1.807) is 0 Å². The van der Waals surface area contributed by atoms with Gasteiger partial charge in [-0.15, -0.1) is 0 Å². The highest BCUT2D eigenvalue weighted by Crippen LogP contribution is 2.21. The molecule has 0 aliphatic rings. The third kappa shape index (κ3) is 1.47. The lowest BCUT2D eigenvalue weighted by atomic mass is 10.2. The lowest BCUT2D eigenvalue weighted by Crippen LogP contribution is -1.99. The molecule has 0 saturated carbocycles. The van der Waals surface area contributed by atoms with E-state index < -0.39 is 5.97 Å². The van der Waals surface area contributed by atoms with E-state index in [-0.39, 0.29) is 5.56 Å². The summed E-state index contributed by atoms with van der Waals surface area (Å²) < 4.78 is 4.86. The number of benzene rings is 1. The van der Waals surface area contributed by atoms with Crippen LogP contribution in [0.4, 0.5) is 5.69 Å². The monoisotopic (exact) mass is 167 g/mol. The smallest absolute Gasteiger partial charge is 0.335 e. The zero-order valence-electron chi connectivity index (χ0n) is 6.57. The van der Waals surface area contributed by atoms with Gasteiger partial charge in [-0.3, -0.25) is 0 Å². The molecule has 12 heavy (non-hydrogen) atoms. The SMILES string of the molecule is COc1ccc(C(=O)O)cc1N. The summed E-state index contributed by atoms with van der Waals surface area (Å²) in [6, 6.07) is 4.33. The third-order valence-corrected chi connectivity index (χ3v) is 1.48. The van der Waals surface area contributed by atoms with Gasteiger partial charge >= 0.3 is 5.97 Å². The van der Waals surface area contributed by atoms with Crippen LogP contribution in [-0.2, 0) is 0 Å². The fraction of sp³-hybridized carbons (Fsp3) is 0.125. The van der Waals surface area contributed by atoms with Gasteiger partial charge in [0.15, 0.2) is 0 Å². The number of ether oxygens (including phenoxy) is 1. The predicted octanol–water partition coefficient (Wildman–Crippen LogP) is 0.976. The molecule has 3 N–H and O–H groups in total. The van der Waals surface area contributed by atoms with Gasteiger partial charge in [0, 0.05) is 0 Å². The Hall–Kier alpha value is -1.71. The molecule has 1 aromatic rings. The summed E-state index contributed by atoms with van der Waals surface area (Å²) in [5.74, 6) is -0.510. The topological polar surface area (TPSA) is 72.5 Å². The Balaban J connectivity index is 3.10. The van der Waals surface area contributed by atoms with Crippen molar-refractivity contribution < 1.29 is 14.6 Å². The number of nitrogen functional groups attached to an aromatic ring is 1. The molecule has 4 heteroatoms. The first kappa shape index (κ1) is 8.39. The average Bonchev–Trinajstić information content (AvgIpc) is 2.04. The van der Waals surface area contributed by atoms with Crippen molar-refractivity contribution in [3.63, 3.8) is 0 Å². The standard InChI is InChI=1S/C8H9NO3/c1-12-7-3-2-5(8(10)11)4-6(7)9/h2-4H,9H2,1H3,(H,10,11). The number of hydrogen-bond acceptors (Lipinski definition) is 3. The molecule has 0 saturated heterocycles. The van der Waals surface area contributed by atoms with Gasteiger partial charge in [-0.2, -0.15) is 0 Å². The fourth-order valence-electron chi connectivity index (χ4n) is 0.867. The number of carboxylic acid groups (broad SMARTS) is 1. The normalized spacial score (nSPS) is 9.42. The Morgan fingerprint density at radius 2 is 2.25 bits per heavy atom. The summed E-state index contributed by atoms with van der Waals surface area (Å²) in [5.41, 5.74) is 5.97. The zero-order chi connectivity index (χ0) is 9.14. The van der Waals surface area contributed by atoms with Crippen molar-refractivity contribution in [2.75, 3.05) is 12.8 Å². The minimum Gasteiger partial charge on any atom is -0.495 e. The van der Waals surface area contributed by atoms with E-state index in [0.29, 0.717) is 11.4 Å². The molecule has 4 nitrogen and oxygen atoms in total. The minimum absolute atomic E-state index is 0.160. The van der Waals surface area contributed by atoms with Gasteiger partial charge in [-0.25, -0.2) is 4.79 Å². The van der Waals surface area contributed by atoms with E-state index in [4.69, 9.17) is 15.6 Å². The Labute approximate surface area is 69.6 Å². The van der Waals surface area contributed by atoms with Crippen molar-refractivity contribution in [3.8, 4) is 5.75 Å². The van der Waals surface area contributed by atoms with Crippen LogP contribution in [0.3, 0.4) is 0 Å². The van der Waals surface area contributed by atoms with Crippen LogP contribution in [0.1, 0.15) is 10.4 Å². The van der Waals surface area contributed by atoms with E-state index in [9.17, 15) is 4.79 Å². The number of hydrogen-bond donors (Lipinski definition) is 2. The molecule has 0 aromatic heterocycles. The van der Waals surface area contributed by atoms with Crippen molar-refractivity contribution in [2.45, 2.75) is 0 Å². The van der Waals surface area contributed by atoms with Crippen molar-refractivity contribution in [1.29, 1.82) is 0 Å². The largest absolute Gasteiger partial charge is 0.495 e. The Morgan fingerprint density at radius 1 is 1.58 bits per heavy atom. The molecule has 1 aromatic carbocycles. The first-order chi connectivity index (χ1) is 5.65. The Kier molecular flexibility index (Phi) is 2.19. The van der Waals surface area contributed by atoms with Crippen LogP contribution in [0.15, 0.2) is 18.2 Å². The third-order valence-electron chi connectivity index (χ3n) is 1.48. The molecule has 64 valence electrons. The molecular formula is C8H9NO3. The number of rotatable bonds is 2. The molecule has 0 aliphatic carbocycles. The van der Waals surface area contributed by atoms with Gasteiger partial charge in [0.05, 0.1) is 18.4 Å². The number of aromatic carboxylic acids is 1. The second-order valence-corrected chi connectivity index (χ2v) is 2.26. The van der Waals surface area contributed by atoms with Gasteiger partial charge < -0.3 is 15.6 Å². The quantitative estimate of drug-likeness (QED) is 0.644. The van der Waals surface area contributed by atoms with E-state index >= 15 is 0 Å². The zero-order valence-corrected chi connectivity index (χ0v) is 6.57. The van der Waals surface area contributed by atoms with Crippen LogP contribution in [-0.4, -0.2) is 18.2 Å². The van der Waals surface area contributed by atoms with Crippen LogP contribution in [0.25, 0.3) is 0 Å². The summed E-state index contributed by atoms with van der Waals surface area (Å²) in [5, 5.41) is 8.58. The molecule has 0 fully saturated rings. The van der Waals surface area contributed by atoms with Gasteiger partial charge in [0.25, 0.3) is 0 Å². The van der Waals surface area contributed by atoms with Crippen LogP contribution in [0.5, 0.6) is 5.75 Å². The van der Waals surface area contributed by atoms with Crippen molar-refractivity contribution >= 4 is 11.7 Å². The average molecular weight is 167 g/mol. The van der Waals surface area contributed by atoms with Crippen molar-refractivity contribution in [2.24, 2.45) is 0 Å². The Bertz CT molecular complexity index is 309. The fourth-order valence-corrected chi connectivity index (χ4v) is 0.867. The number of carbonyl (C=O) groups is 1. The summed E-state index contributed by atoms with van der Waals surface area (Å²) in [6.45, 7) is 0. The lowest BCUT2D eigenvalue weighted by Gasteiger charge is -2.03. The van der Waals surface area contributed by atoms with Crippen molar-refractivity contribution in [3.05, 3.63) is 23.8 Å². The minimum atomic E-state index is -0.996. The second-order valence-electron chi connectivity index (χ2n) is 2.26. The molecule has 0 unspecified atom stereocenters. The van der Waals surface area contributed by atoms with Crippen molar-refractivity contribution in [1.82, 2.24) is 0 Å². The first-order valence-corrected chi connectivity index (χ1v) is 3.32. The summed E-state index contributed by atoms with van der Waals surface area (Å²) in [6.07, 6.45) is 0. The molecule has 0 heterocycles. The molecule has 0 radical (unpaired) electrons. The first-order valence-electron chi connectivity index (χ1n) is 3.32. The highest BCUT2D eigenvalue weighted by Gasteiger charge is 2.05. The molecule has 0 amide bonds. The molecule has 0 bridgehead atoms. The molecule has 1 rings (SSSR count). The highest BCUT2D eigenvalue weighted by atomic mass is 16.5. The summed E-state index contributed by atoms with van der Waals surface area (Å²) in [7, 11) is 1.48. The maximum absolute atomic E-state index is 10.5. The van der Waals surface area contributed by atoms with Crippen LogP contribution < -0.4 is 10.5 Å². The number of nitrogens with two attached hydrogens (primary N) is 1. The number of anilines is 1. The molecular weight excluding hydrogens is 158 g/mol. The molecule has 0 atom stereocenters. The van der Waals surface area contributed by atoms with E-state index in [1.807, 2.05) is 0 Å². The van der Waals surface area contributed by atoms with Gasteiger partial charge in [0.2, 0.25) is 0 Å². The number of methoxy groups -OCH3 is 1. The Morgan fingerprint density at radius 3 is 2.67 bits per heavy atom. The number of carboxylic acids is 1. The molecule has 0 aliphatic heterocycles. The van der Waals surface area contributed by atoms with E-state index in [2.05, 4.69) is 0 Å². The predicted molar refractivity (Wildman–Crippen MR) is 44.4 cm³/mol. The van der Waals surface area contributed by atoms with Gasteiger partial charge in [-0.05, 0) is 18.2 Å². The maximum atomic E-state index is 10.5. The van der Waals surface area contributed by atoms with E-state index in [1.165, 1.54) is 25.3 Å². The highest BCUT2D eigenvalue weighted by molar-refractivity contribution is 5.89. The van der Waals surface area contributed by atoms with Crippen LogP contribution >= 0.6 is 0 Å². The maximum Gasteiger partial charge on any atom is 0.335 e. The summed E-state index contributed by atoms with van der Waals surface area (Å²) in [4.78, 5) is 10.5. The second kappa shape index (κ2) is 3.13. The van der Waals surface area contributed by atoms with Gasteiger partial charge in [0.1, 0.15) is 5.75 Å². The van der Waals surface area contributed by atoms with Crippen LogP contribution in [0, 0.1) is 0 Å². The summed E-state index contributed by atoms with van der Waals surface area (Å²) >= 11 is 0. The van der Waals surface area contributed by atoms with E-state index in [0.717, 1.165) is 0 Å². The van der Waals surface area contributed by atoms with Crippen LogP contribution in [0.2, 0.25) is 0 Å². The molecule has 0 spiro atoms. The van der Waals surface area contributed by atoms with Gasteiger partial charge in [-0.1, -0.05) is 0 Å².